The van der Waals surface area contributed by atoms with Crippen LogP contribution in [0, 0.1) is 0 Å². The molecule has 0 saturated carbocycles. The maximum Gasteiger partial charge on any atom is 0.321 e. The Hall–Kier alpha value is -1.55. The van der Waals surface area contributed by atoms with Gasteiger partial charge in [0, 0.05) is 25.3 Å². The van der Waals surface area contributed by atoms with Crippen LogP contribution in [0.1, 0.15) is 25.5 Å². The van der Waals surface area contributed by atoms with Crippen molar-refractivity contribution in [2.75, 3.05) is 18.9 Å². The number of anilines is 1. The van der Waals surface area contributed by atoms with Gasteiger partial charge in [-0.2, -0.15) is 0 Å². The van der Waals surface area contributed by atoms with Crippen molar-refractivity contribution in [3.05, 3.63) is 29.8 Å². The van der Waals surface area contributed by atoms with Gasteiger partial charge >= 0.3 is 6.03 Å². The molecular weight excluding hydrogens is 202 g/mol. The van der Waals surface area contributed by atoms with E-state index >= 15 is 0 Å². The van der Waals surface area contributed by atoms with Crippen LogP contribution in [0.2, 0.25) is 0 Å². The Morgan fingerprint density at radius 2 is 2.25 bits per heavy atom. The topological polar surface area (TPSA) is 58.4 Å². The molecular formula is C12H19N3O. The highest BCUT2D eigenvalue weighted by Crippen LogP contribution is 2.15. The number of carbonyl (C=O) groups excluding carboxylic acids is 1. The second-order valence-corrected chi connectivity index (χ2v) is 3.86. The number of benzene rings is 1. The molecule has 0 saturated heterocycles. The van der Waals surface area contributed by atoms with Crippen molar-refractivity contribution in [1.82, 2.24) is 4.90 Å². The van der Waals surface area contributed by atoms with E-state index in [4.69, 9.17) is 5.73 Å². The van der Waals surface area contributed by atoms with E-state index in [1.807, 2.05) is 38.1 Å². The second-order valence-electron chi connectivity index (χ2n) is 3.86. The summed E-state index contributed by atoms with van der Waals surface area (Å²) in [6, 6.07) is 7.45. The first-order valence-corrected chi connectivity index (χ1v) is 5.42. The Labute approximate surface area is 96.4 Å². The van der Waals surface area contributed by atoms with Crippen molar-refractivity contribution in [3.63, 3.8) is 0 Å². The number of hydrogen-bond acceptors (Lipinski definition) is 2. The van der Waals surface area contributed by atoms with Crippen LogP contribution < -0.4 is 11.1 Å². The van der Waals surface area contributed by atoms with Crippen molar-refractivity contribution in [3.8, 4) is 0 Å². The van der Waals surface area contributed by atoms with E-state index in [1.54, 1.807) is 11.9 Å². The van der Waals surface area contributed by atoms with E-state index in [-0.39, 0.29) is 12.1 Å². The molecule has 4 heteroatoms. The number of nitrogens with zero attached hydrogens (tertiary/aromatic N) is 1. The summed E-state index contributed by atoms with van der Waals surface area (Å²) < 4.78 is 0. The van der Waals surface area contributed by atoms with Gasteiger partial charge in [-0.3, -0.25) is 0 Å². The number of nitrogens with one attached hydrogen (secondary N) is 1. The zero-order chi connectivity index (χ0) is 12.1. The second kappa shape index (κ2) is 5.51. The lowest BCUT2D eigenvalue weighted by Gasteiger charge is -2.16. The fraction of sp³-hybridized carbons (Fsp3) is 0.417. The number of hydrogen-bond donors (Lipinski definition) is 2. The summed E-state index contributed by atoms with van der Waals surface area (Å²) in [5, 5.41) is 2.82. The Morgan fingerprint density at radius 3 is 2.81 bits per heavy atom. The standard InChI is InChI=1S/C12H19N3O/c1-4-15(3)12(16)14-11-7-5-6-10(8-11)9(2)13/h5-9H,4,13H2,1-3H3,(H,14,16). The number of rotatable bonds is 3. The summed E-state index contributed by atoms with van der Waals surface area (Å²) in [5.41, 5.74) is 7.57. The zero-order valence-electron chi connectivity index (χ0n) is 10.0. The summed E-state index contributed by atoms with van der Waals surface area (Å²) in [5.74, 6) is 0. The molecule has 0 heterocycles. The molecule has 2 amide bonds. The van der Waals surface area contributed by atoms with Gasteiger partial charge in [0.15, 0.2) is 0 Å². The first-order chi connectivity index (χ1) is 7.54. The maximum absolute atomic E-state index is 11.6. The third-order valence-electron chi connectivity index (χ3n) is 2.48. The molecule has 0 aliphatic rings. The molecule has 0 fully saturated rings. The van der Waals surface area contributed by atoms with Crippen LogP contribution in [-0.2, 0) is 0 Å². The maximum atomic E-state index is 11.6. The number of urea groups is 1. The lowest BCUT2D eigenvalue weighted by Crippen LogP contribution is -2.30. The average molecular weight is 221 g/mol. The largest absolute Gasteiger partial charge is 0.328 e. The predicted molar refractivity (Wildman–Crippen MR) is 66.4 cm³/mol. The minimum atomic E-state index is -0.107. The Balaban J connectivity index is 2.74. The minimum Gasteiger partial charge on any atom is -0.328 e. The Morgan fingerprint density at radius 1 is 1.56 bits per heavy atom. The molecule has 0 radical (unpaired) electrons. The molecule has 0 bridgehead atoms. The number of nitrogens with two attached hydrogens (primary N) is 1. The first kappa shape index (κ1) is 12.5. The summed E-state index contributed by atoms with van der Waals surface area (Å²) in [7, 11) is 1.75. The normalized spacial score (nSPS) is 12.0. The molecule has 1 atom stereocenters. The highest BCUT2D eigenvalue weighted by Gasteiger charge is 2.07. The van der Waals surface area contributed by atoms with Gasteiger partial charge in [0.2, 0.25) is 0 Å². The van der Waals surface area contributed by atoms with Crippen molar-refractivity contribution >= 4 is 11.7 Å². The van der Waals surface area contributed by atoms with Crippen LogP contribution >= 0.6 is 0 Å². The quantitative estimate of drug-likeness (QED) is 0.822. The molecule has 1 aromatic rings. The molecule has 88 valence electrons. The highest BCUT2D eigenvalue weighted by molar-refractivity contribution is 5.89. The fourth-order valence-corrected chi connectivity index (χ4v) is 1.26. The van der Waals surface area contributed by atoms with Crippen molar-refractivity contribution in [2.24, 2.45) is 5.73 Å². The third kappa shape index (κ3) is 3.24. The molecule has 1 unspecified atom stereocenters. The minimum absolute atomic E-state index is 0.0271. The van der Waals surface area contributed by atoms with E-state index in [9.17, 15) is 4.79 Å². The van der Waals surface area contributed by atoms with E-state index in [1.165, 1.54) is 0 Å². The lowest BCUT2D eigenvalue weighted by molar-refractivity contribution is 0.224. The van der Waals surface area contributed by atoms with Crippen molar-refractivity contribution in [1.29, 1.82) is 0 Å². The lowest BCUT2D eigenvalue weighted by atomic mass is 10.1. The molecule has 0 spiro atoms. The molecule has 3 N–H and O–H groups in total. The molecule has 4 nitrogen and oxygen atoms in total. The van der Waals surface area contributed by atoms with Crippen LogP contribution in [0.4, 0.5) is 10.5 Å². The van der Waals surface area contributed by atoms with Gasteiger partial charge in [-0.25, -0.2) is 4.79 Å². The molecule has 0 aliphatic carbocycles. The fourth-order valence-electron chi connectivity index (χ4n) is 1.26. The molecule has 1 aromatic carbocycles. The van der Waals surface area contributed by atoms with Gasteiger partial charge in [-0.1, -0.05) is 12.1 Å². The SMILES string of the molecule is CCN(C)C(=O)Nc1cccc(C(C)N)c1. The van der Waals surface area contributed by atoms with E-state index in [0.717, 1.165) is 11.3 Å². The molecule has 1 rings (SSSR count). The predicted octanol–water partition coefficient (Wildman–Crippen LogP) is 2.19. The first-order valence-electron chi connectivity index (χ1n) is 5.42. The third-order valence-corrected chi connectivity index (χ3v) is 2.48. The number of carbonyl (C=O) groups is 1. The number of amides is 2. The smallest absolute Gasteiger partial charge is 0.321 e. The van der Waals surface area contributed by atoms with Crippen LogP contribution in [0.5, 0.6) is 0 Å². The van der Waals surface area contributed by atoms with Gasteiger partial charge < -0.3 is 16.0 Å². The van der Waals surface area contributed by atoms with Gasteiger partial charge in [-0.15, -0.1) is 0 Å². The average Bonchev–Trinajstić information content (AvgIpc) is 2.28. The van der Waals surface area contributed by atoms with Crippen LogP contribution in [0.3, 0.4) is 0 Å². The van der Waals surface area contributed by atoms with Gasteiger partial charge in [0.05, 0.1) is 0 Å². The van der Waals surface area contributed by atoms with E-state index < -0.39 is 0 Å². The van der Waals surface area contributed by atoms with Crippen LogP contribution in [0.15, 0.2) is 24.3 Å². The van der Waals surface area contributed by atoms with Crippen molar-refractivity contribution < 1.29 is 4.79 Å². The Kier molecular flexibility index (Phi) is 4.31. The highest BCUT2D eigenvalue weighted by atomic mass is 16.2. The molecule has 0 aliphatic heterocycles. The van der Waals surface area contributed by atoms with Crippen molar-refractivity contribution in [2.45, 2.75) is 19.9 Å². The van der Waals surface area contributed by atoms with Crippen LogP contribution in [0.25, 0.3) is 0 Å². The van der Waals surface area contributed by atoms with Gasteiger partial charge in [-0.05, 0) is 31.5 Å². The van der Waals surface area contributed by atoms with E-state index in [2.05, 4.69) is 5.32 Å². The molecule has 0 aromatic heterocycles. The monoisotopic (exact) mass is 221 g/mol. The summed E-state index contributed by atoms with van der Waals surface area (Å²) in [6.45, 7) is 4.52. The summed E-state index contributed by atoms with van der Waals surface area (Å²) in [6.07, 6.45) is 0. The summed E-state index contributed by atoms with van der Waals surface area (Å²) >= 11 is 0. The Bertz CT molecular complexity index is 363. The van der Waals surface area contributed by atoms with Crippen LogP contribution in [-0.4, -0.2) is 24.5 Å². The van der Waals surface area contributed by atoms with E-state index in [0.29, 0.717) is 6.54 Å². The molecule has 16 heavy (non-hydrogen) atoms. The van der Waals surface area contributed by atoms with Gasteiger partial charge in [0.1, 0.15) is 0 Å². The summed E-state index contributed by atoms with van der Waals surface area (Å²) in [4.78, 5) is 13.2. The van der Waals surface area contributed by atoms with Gasteiger partial charge in [0.25, 0.3) is 0 Å². The zero-order valence-corrected chi connectivity index (χ0v) is 10.0.